The molecule has 1 aliphatic rings. The predicted octanol–water partition coefficient (Wildman–Crippen LogP) is 3.08. The van der Waals surface area contributed by atoms with Crippen LogP contribution in [-0.4, -0.2) is 62.3 Å². The van der Waals surface area contributed by atoms with Crippen molar-refractivity contribution in [1.82, 2.24) is 14.1 Å². The Kier molecular flexibility index (Phi) is 5.86. The zero-order chi connectivity index (χ0) is 21.3. The zero-order valence-electron chi connectivity index (χ0n) is 17.4. The number of urea groups is 1. The molecular formula is C21H27N3O4S. The molecule has 0 saturated carbocycles. The minimum atomic E-state index is -3.80. The van der Waals surface area contributed by atoms with E-state index < -0.39 is 16.2 Å². The average Bonchev–Trinajstić information content (AvgIpc) is 3.05. The van der Waals surface area contributed by atoms with Crippen LogP contribution in [0.4, 0.5) is 4.79 Å². The number of sulfonamides is 1. The van der Waals surface area contributed by atoms with Crippen LogP contribution in [0, 0.1) is 6.92 Å². The molecule has 1 aliphatic heterocycles. The Balaban J connectivity index is 2.10. The van der Waals surface area contributed by atoms with E-state index in [0.29, 0.717) is 11.3 Å². The van der Waals surface area contributed by atoms with Gasteiger partial charge in [-0.2, -0.15) is 4.31 Å². The van der Waals surface area contributed by atoms with Crippen molar-refractivity contribution < 1.29 is 17.9 Å². The van der Waals surface area contributed by atoms with E-state index in [1.54, 1.807) is 74.6 Å². The topological polar surface area (TPSA) is 70.2 Å². The Labute approximate surface area is 172 Å². The molecular weight excluding hydrogens is 390 g/mol. The Morgan fingerprint density at radius 2 is 1.66 bits per heavy atom. The van der Waals surface area contributed by atoms with E-state index in [1.165, 1.54) is 9.21 Å². The van der Waals surface area contributed by atoms with E-state index in [0.717, 1.165) is 5.56 Å². The van der Waals surface area contributed by atoms with Gasteiger partial charge in [0, 0.05) is 26.7 Å². The van der Waals surface area contributed by atoms with Crippen molar-refractivity contribution in [3.05, 3.63) is 59.7 Å². The summed E-state index contributed by atoms with van der Waals surface area (Å²) in [5.41, 5.74) is 1.69. The highest BCUT2D eigenvalue weighted by molar-refractivity contribution is 7.89. The standard InChI is InChI=1S/C21H27N3O4S/c1-15-6-12-19(13-7-15)29(26,27)23-14-16(2)24(21(25)22(3)4)20(23)17-8-10-18(28-5)11-9-17/h6-13,16,20H,14H2,1-5H3. The van der Waals surface area contributed by atoms with Gasteiger partial charge in [-0.05, 0) is 43.7 Å². The highest BCUT2D eigenvalue weighted by atomic mass is 32.2. The number of hydrogen-bond acceptors (Lipinski definition) is 4. The monoisotopic (exact) mass is 417 g/mol. The zero-order valence-corrected chi connectivity index (χ0v) is 18.2. The van der Waals surface area contributed by atoms with Crippen molar-refractivity contribution in [3.8, 4) is 5.75 Å². The number of ether oxygens (including phenoxy) is 1. The third-order valence-electron chi connectivity index (χ3n) is 5.10. The van der Waals surface area contributed by atoms with Gasteiger partial charge in [0.05, 0.1) is 12.0 Å². The molecule has 0 aliphatic carbocycles. The van der Waals surface area contributed by atoms with E-state index in [-0.39, 0.29) is 23.5 Å². The quantitative estimate of drug-likeness (QED) is 0.767. The van der Waals surface area contributed by atoms with E-state index >= 15 is 0 Å². The number of amides is 2. The number of aryl methyl sites for hydroxylation is 1. The van der Waals surface area contributed by atoms with Crippen LogP contribution in [0.5, 0.6) is 5.75 Å². The lowest BCUT2D eigenvalue weighted by atomic mass is 10.1. The number of methoxy groups -OCH3 is 1. The summed E-state index contributed by atoms with van der Waals surface area (Å²) in [6.07, 6.45) is -0.739. The SMILES string of the molecule is COc1ccc(C2N(C(=O)N(C)C)C(C)CN2S(=O)(=O)c2ccc(C)cc2)cc1. The highest BCUT2D eigenvalue weighted by Gasteiger charge is 2.47. The third kappa shape index (κ3) is 3.95. The fourth-order valence-electron chi connectivity index (χ4n) is 3.53. The molecule has 8 heteroatoms. The van der Waals surface area contributed by atoms with Gasteiger partial charge < -0.3 is 9.64 Å². The van der Waals surface area contributed by atoms with Crippen LogP contribution < -0.4 is 4.74 Å². The summed E-state index contributed by atoms with van der Waals surface area (Å²) in [6, 6.07) is 13.4. The maximum Gasteiger partial charge on any atom is 0.321 e. The van der Waals surface area contributed by atoms with Crippen molar-refractivity contribution in [3.63, 3.8) is 0 Å². The predicted molar refractivity (Wildman–Crippen MR) is 111 cm³/mol. The lowest BCUT2D eigenvalue weighted by molar-refractivity contribution is 0.138. The lowest BCUT2D eigenvalue weighted by Gasteiger charge is -2.33. The average molecular weight is 418 g/mol. The van der Waals surface area contributed by atoms with Gasteiger partial charge in [0.2, 0.25) is 10.0 Å². The van der Waals surface area contributed by atoms with E-state index in [1.807, 2.05) is 13.8 Å². The molecule has 2 aromatic rings. The fraction of sp³-hybridized carbons (Fsp3) is 0.381. The van der Waals surface area contributed by atoms with Gasteiger partial charge in [-0.25, -0.2) is 13.2 Å². The largest absolute Gasteiger partial charge is 0.497 e. The van der Waals surface area contributed by atoms with Crippen LogP contribution in [0.1, 0.15) is 24.2 Å². The van der Waals surface area contributed by atoms with Crippen LogP contribution in [0.25, 0.3) is 0 Å². The molecule has 2 aromatic carbocycles. The van der Waals surface area contributed by atoms with Gasteiger partial charge in [0.1, 0.15) is 11.9 Å². The number of rotatable bonds is 4. The van der Waals surface area contributed by atoms with Gasteiger partial charge in [0.25, 0.3) is 0 Å². The van der Waals surface area contributed by atoms with Gasteiger partial charge in [-0.15, -0.1) is 0 Å². The van der Waals surface area contributed by atoms with E-state index in [9.17, 15) is 13.2 Å². The van der Waals surface area contributed by atoms with E-state index in [2.05, 4.69) is 0 Å². The minimum Gasteiger partial charge on any atom is -0.497 e. The molecule has 156 valence electrons. The van der Waals surface area contributed by atoms with Gasteiger partial charge in [0.15, 0.2) is 0 Å². The summed E-state index contributed by atoms with van der Waals surface area (Å²) in [5.74, 6) is 0.665. The van der Waals surface area contributed by atoms with Crippen molar-refractivity contribution in [2.45, 2.75) is 31.0 Å². The number of benzene rings is 2. The Morgan fingerprint density at radius 1 is 1.07 bits per heavy atom. The van der Waals surface area contributed by atoms with Crippen LogP contribution in [0.2, 0.25) is 0 Å². The number of nitrogens with zero attached hydrogens (tertiary/aromatic N) is 3. The van der Waals surface area contributed by atoms with Gasteiger partial charge in [-0.1, -0.05) is 29.8 Å². The molecule has 1 saturated heterocycles. The first-order valence-corrected chi connectivity index (χ1v) is 10.8. The molecule has 0 N–H and O–H groups in total. The maximum absolute atomic E-state index is 13.5. The van der Waals surface area contributed by atoms with Gasteiger partial charge >= 0.3 is 6.03 Å². The second-order valence-electron chi connectivity index (χ2n) is 7.47. The molecule has 29 heavy (non-hydrogen) atoms. The highest BCUT2D eigenvalue weighted by Crippen LogP contribution is 2.38. The van der Waals surface area contributed by atoms with Crippen molar-refractivity contribution in [2.24, 2.45) is 0 Å². The molecule has 7 nitrogen and oxygen atoms in total. The first-order valence-electron chi connectivity index (χ1n) is 9.39. The maximum atomic E-state index is 13.5. The molecule has 2 atom stereocenters. The summed E-state index contributed by atoms with van der Waals surface area (Å²) in [4.78, 5) is 16.2. The molecule has 1 fully saturated rings. The number of hydrogen-bond donors (Lipinski definition) is 0. The van der Waals surface area contributed by atoms with Crippen molar-refractivity contribution in [2.75, 3.05) is 27.7 Å². The van der Waals surface area contributed by atoms with Crippen LogP contribution >= 0.6 is 0 Å². The molecule has 0 aromatic heterocycles. The fourth-order valence-corrected chi connectivity index (χ4v) is 5.18. The van der Waals surface area contributed by atoms with Crippen LogP contribution in [-0.2, 0) is 10.0 Å². The lowest BCUT2D eigenvalue weighted by Crippen LogP contribution is -2.44. The Bertz CT molecular complexity index is 972. The second kappa shape index (κ2) is 8.04. The summed E-state index contributed by atoms with van der Waals surface area (Å²) in [7, 11) is 1.10. The van der Waals surface area contributed by atoms with Crippen molar-refractivity contribution >= 4 is 16.1 Å². The van der Waals surface area contributed by atoms with Crippen LogP contribution in [0.15, 0.2) is 53.4 Å². The summed E-state index contributed by atoms with van der Waals surface area (Å²) >= 11 is 0. The van der Waals surface area contributed by atoms with E-state index in [4.69, 9.17) is 4.74 Å². The van der Waals surface area contributed by atoms with Gasteiger partial charge in [-0.3, -0.25) is 4.90 Å². The minimum absolute atomic E-state index is 0.215. The summed E-state index contributed by atoms with van der Waals surface area (Å²) < 4.78 is 33.6. The molecule has 2 amide bonds. The Morgan fingerprint density at radius 3 is 2.17 bits per heavy atom. The normalized spacial score (nSPS) is 20.0. The third-order valence-corrected chi connectivity index (χ3v) is 6.93. The molecule has 3 rings (SSSR count). The molecule has 0 radical (unpaired) electrons. The summed E-state index contributed by atoms with van der Waals surface area (Å²) in [6.45, 7) is 3.99. The van der Waals surface area contributed by atoms with Crippen molar-refractivity contribution in [1.29, 1.82) is 0 Å². The first-order chi connectivity index (χ1) is 13.7. The Hall–Kier alpha value is -2.58. The number of carbonyl (C=O) groups is 1. The smallest absolute Gasteiger partial charge is 0.321 e. The first kappa shape index (κ1) is 21.1. The summed E-state index contributed by atoms with van der Waals surface area (Å²) in [5, 5.41) is 0. The molecule has 1 heterocycles. The molecule has 0 bridgehead atoms. The molecule has 0 spiro atoms. The second-order valence-corrected chi connectivity index (χ2v) is 9.36. The number of carbonyl (C=O) groups excluding carboxylic acids is 1. The van der Waals surface area contributed by atoms with Crippen LogP contribution in [0.3, 0.4) is 0 Å². The molecule has 2 unspecified atom stereocenters.